The lowest BCUT2D eigenvalue weighted by atomic mass is 9.69. The molecule has 0 aliphatic heterocycles. The van der Waals surface area contributed by atoms with Gasteiger partial charge < -0.3 is 5.32 Å². The minimum Gasteiger partial charge on any atom is -0.326 e. The molecule has 2 rings (SSSR count). The van der Waals surface area contributed by atoms with Crippen molar-refractivity contribution >= 4 is 21.6 Å². The lowest BCUT2D eigenvalue weighted by Crippen LogP contribution is -2.31. The van der Waals surface area contributed by atoms with Gasteiger partial charge in [-0.15, -0.1) is 0 Å². The van der Waals surface area contributed by atoms with Gasteiger partial charge in [0.25, 0.3) is 0 Å². The van der Waals surface area contributed by atoms with Crippen molar-refractivity contribution in [3.63, 3.8) is 0 Å². The Morgan fingerprint density at radius 3 is 2.04 bits per heavy atom. The smallest absolute Gasteiger partial charge is 0.240 e. The van der Waals surface area contributed by atoms with Crippen molar-refractivity contribution in [1.29, 1.82) is 0 Å². The molecule has 1 aromatic carbocycles. The summed E-state index contributed by atoms with van der Waals surface area (Å²) in [5, 5.41) is 2.93. The van der Waals surface area contributed by atoms with Crippen LogP contribution in [0.4, 0.5) is 5.69 Å². The van der Waals surface area contributed by atoms with E-state index in [-0.39, 0.29) is 22.8 Å². The minimum atomic E-state index is -3.51. The molecule has 1 amide bonds. The molecule has 0 radical (unpaired) electrons. The largest absolute Gasteiger partial charge is 0.326 e. The van der Waals surface area contributed by atoms with Gasteiger partial charge in [-0.1, -0.05) is 20.8 Å². The van der Waals surface area contributed by atoms with Gasteiger partial charge in [0.15, 0.2) is 0 Å². The Bertz CT molecular complexity index is 710. The Kier molecular flexibility index (Phi) is 6.51. The SMILES string of the molecule is CC(C)NS(=O)(=O)c1ccc(NC(=O)C2CCC(C(C)(C)C)CC2)cc1. The molecule has 0 atom stereocenters. The molecule has 0 bridgehead atoms. The summed E-state index contributed by atoms with van der Waals surface area (Å²) in [6, 6.07) is 6.18. The molecule has 5 nitrogen and oxygen atoms in total. The number of anilines is 1. The van der Waals surface area contributed by atoms with Crippen molar-refractivity contribution in [2.75, 3.05) is 5.32 Å². The molecule has 0 saturated heterocycles. The number of sulfonamides is 1. The molecule has 26 heavy (non-hydrogen) atoms. The highest BCUT2D eigenvalue weighted by Crippen LogP contribution is 2.40. The molecule has 6 heteroatoms. The summed E-state index contributed by atoms with van der Waals surface area (Å²) in [7, 11) is -3.51. The van der Waals surface area contributed by atoms with Crippen LogP contribution in [0.3, 0.4) is 0 Å². The van der Waals surface area contributed by atoms with Crippen LogP contribution >= 0.6 is 0 Å². The highest BCUT2D eigenvalue weighted by molar-refractivity contribution is 7.89. The second-order valence-corrected chi connectivity index (χ2v) is 10.4. The van der Waals surface area contributed by atoms with Crippen molar-refractivity contribution in [3.8, 4) is 0 Å². The predicted octanol–water partition coefficient (Wildman–Crippen LogP) is 4.16. The minimum absolute atomic E-state index is 0.0354. The van der Waals surface area contributed by atoms with Gasteiger partial charge >= 0.3 is 0 Å². The molecule has 1 aromatic rings. The summed E-state index contributed by atoms with van der Waals surface area (Å²) in [6.45, 7) is 10.4. The molecule has 1 aliphatic rings. The van der Waals surface area contributed by atoms with Gasteiger partial charge in [0, 0.05) is 17.6 Å². The summed E-state index contributed by atoms with van der Waals surface area (Å²) in [4.78, 5) is 12.7. The summed E-state index contributed by atoms with van der Waals surface area (Å²) >= 11 is 0. The monoisotopic (exact) mass is 380 g/mol. The fourth-order valence-corrected chi connectivity index (χ4v) is 4.81. The van der Waals surface area contributed by atoms with Crippen LogP contribution in [0.2, 0.25) is 0 Å². The number of rotatable bonds is 5. The first-order chi connectivity index (χ1) is 12.0. The number of amides is 1. The third kappa shape index (κ3) is 5.55. The van der Waals surface area contributed by atoms with Gasteiger partial charge in [0.05, 0.1) is 4.90 Å². The maximum absolute atomic E-state index is 12.5. The lowest BCUT2D eigenvalue weighted by molar-refractivity contribution is -0.121. The van der Waals surface area contributed by atoms with E-state index < -0.39 is 10.0 Å². The van der Waals surface area contributed by atoms with Gasteiger partial charge in [-0.3, -0.25) is 4.79 Å². The molecular formula is C20H32N2O3S. The Balaban J connectivity index is 1.94. The number of nitrogens with one attached hydrogen (secondary N) is 2. The summed E-state index contributed by atoms with van der Waals surface area (Å²) in [5.41, 5.74) is 0.934. The second kappa shape index (κ2) is 8.09. The van der Waals surface area contributed by atoms with Crippen LogP contribution in [0.15, 0.2) is 29.2 Å². The van der Waals surface area contributed by atoms with E-state index in [1.807, 2.05) is 0 Å². The second-order valence-electron chi connectivity index (χ2n) is 8.70. The van der Waals surface area contributed by atoms with Crippen LogP contribution in [-0.2, 0) is 14.8 Å². The summed E-state index contributed by atoms with van der Waals surface area (Å²) in [5.74, 6) is 0.748. The van der Waals surface area contributed by atoms with E-state index in [0.29, 0.717) is 17.0 Å². The molecule has 2 N–H and O–H groups in total. The molecule has 1 fully saturated rings. The average Bonchev–Trinajstić information content (AvgIpc) is 2.53. The van der Waals surface area contributed by atoms with Gasteiger partial charge in [0.2, 0.25) is 15.9 Å². The van der Waals surface area contributed by atoms with Crippen LogP contribution < -0.4 is 10.0 Å². The van der Waals surface area contributed by atoms with Crippen molar-refractivity contribution in [3.05, 3.63) is 24.3 Å². The van der Waals surface area contributed by atoms with E-state index in [1.54, 1.807) is 26.0 Å². The topological polar surface area (TPSA) is 75.3 Å². The Labute approximate surface area is 158 Å². The summed E-state index contributed by atoms with van der Waals surface area (Å²) < 4.78 is 26.8. The number of carbonyl (C=O) groups excluding carboxylic acids is 1. The Morgan fingerprint density at radius 2 is 1.58 bits per heavy atom. The average molecular weight is 381 g/mol. The van der Waals surface area contributed by atoms with Crippen molar-refractivity contribution in [2.24, 2.45) is 17.3 Å². The highest BCUT2D eigenvalue weighted by Gasteiger charge is 2.32. The number of benzene rings is 1. The van der Waals surface area contributed by atoms with Crippen LogP contribution in [0, 0.1) is 17.3 Å². The maximum Gasteiger partial charge on any atom is 0.240 e. The van der Waals surface area contributed by atoms with E-state index in [1.165, 1.54) is 12.1 Å². The third-order valence-electron chi connectivity index (χ3n) is 5.15. The standard InChI is InChI=1S/C20H32N2O3S/c1-14(2)22-26(24,25)18-12-10-17(11-13-18)21-19(23)15-6-8-16(9-7-15)20(3,4)5/h10-16,22H,6-9H2,1-5H3,(H,21,23). The predicted molar refractivity (Wildman–Crippen MR) is 105 cm³/mol. The first-order valence-electron chi connectivity index (χ1n) is 9.42. The molecule has 0 unspecified atom stereocenters. The summed E-state index contributed by atoms with van der Waals surface area (Å²) in [6.07, 6.45) is 4.00. The molecular weight excluding hydrogens is 348 g/mol. The van der Waals surface area contributed by atoms with E-state index in [2.05, 4.69) is 30.8 Å². The van der Waals surface area contributed by atoms with Crippen molar-refractivity contribution < 1.29 is 13.2 Å². The van der Waals surface area contributed by atoms with Crippen LogP contribution in [-0.4, -0.2) is 20.4 Å². The molecule has 1 saturated carbocycles. The van der Waals surface area contributed by atoms with Gasteiger partial charge in [-0.25, -0.2) is 13.1 Å². The third-order valence-corrected chi connectivity index (χ3v) is 6.82. The van der Waals surface area contributed by atoms with Crippen LogP contribution in [0.5, 0.6) is 0 Å². The molecule has 146 valence electrons. The van der Waals surface area contributed by atoms with Gasteiger partial charge in [-0.05, 0) is 75.1 Å². The van der Waals surface area contributed by atoms with Gasteiger partial charge in [-0.2, -0.15) is 0 Å². The van der Waals surface area contributed by atoms with Crippen LogP contribution in [0.1, 0.15) is 60.3 Å². The van der Waals surface area contributed by atoms with E-state index in [4.69, 9.17) is 0 Å². The van der Waals surface area contributed by atoms with Crippen molar-refractivity contribution in [1.82, 2.24) is 4.72 Å². The molecule has 0 heterocycles. The Morgan fingerprint density at radius 1 is 1.04 bits per heavy atom. The number of carbonyl (C=O) groups is 1. The van der Waals surface area contributed by atoms with Crippen LogP contribution in [0.25, 0.3) is 0 Å². The molecule has 0 spiro atoms. The lowest BCUT2D eigenvalue weighted by Gasteiger charge is -2.36. The first-order valence-corrected chi connectivity index (χ1v) is 10.9. The zero-order valence-electron chi connectivity index (χ0n) is 16.5. The van der Waals surface area contributed by atoms with Gasteiger partial charge in [0.1, 0.15) is 0 Å². The Hall–Kier alpha value is -1.40. The normalized spacial score (nSPS) is 21.6. The van der Waals surface area contributed by atoms with E-state index >= 15 is 0 Å². The van der Waals surface area contributed by atoms with E-state index in [9.17, 15) is 13.2 Å². The fraction of sp³-hybridized carbons (Fsp3) is 0.650. The maximum atomic E-state index is 12.5. The molecule has 1 aliphatic carbocycles. The van der Waals surface area contributed by atoms with Crippen molar-refractivity contribution in [2.45, 2.75) is 71.2 Å². The fourth-order valence-electron chi connectivity index (χ4n) is 3.56. The first kappa shape index (κ1) is 20.9. The number of hydrogen-bond acceptors (Lipinski definition) is 3. The number of hydrogen-bond donors (Lipinski definition) is 2. The van der Waals surface area contributed by atoms with E-state index in [0.717, 1.165) is 25.7 Å². The zero-order chi connectivity index (χ0) is 19.5. The highest BCUT2D eigenvalue weighted by atomic mass is 32.2. The molecule has 0 aromatic heterocycles. The zero-order valence-corrected chi connectivity index (χ0v) is 17.3. The quantitative estimate of drug-likeness (QED) is 0.805.